The summed E-state index contributed by atoms with van der Waals surface area (Å²) in [7, 11) is 5.95. The van der Waals surface area contributed by atoms with Gasteiger partial charge >= 0.3 is 17.9 Å². The number of allylic oxidation sites excluding steroid dienone is 36. The summed E-state index contributed by atoms with van der Waals surface area (Å²) in [6, 6.07) is 0. The van der Waals surface area contributed by atoms with Crippen molar-refractivity contribution < 1.29 is 42.9 Å². The van der Waals surface area contributed by atoms with Crippen LogP contribution in [0.5, 0.6) is 0 Å². The van der Waals surface area contributed by atoms with E-state index in [0.717, 1.165) is 161 Å². The van der Waals surface area contributed by atoms with Crippen molar-refractivity contribution in [2.75, 3.05) is 47.5 Å². The maximum atomic E-state index is 13.0. The average molecular weight is 1310 g/mol. The number of hydrogen-bond acceptors (Lipinski definition) is 7. The fourth-order valence-electron chi connectivity index (χ4n) is 9.17. The molecule has 0 bridgehead atoms. The predicted molar refractivity (Wildman–Crippen MR) is 409 cm³/mol. The summed E-state index contributed by atoms with van der Waals surface area (Å²) in [5.41, 5.74) is 0. The van der Waals surface area contributed by atoms with Crippen molar-refractivity contribution in [1.82, 2.24) is 0 Å². The molecule has 0 aliphatic carbocycles. The molecule has 0 aliphatic heterocycles. The van der Waals surface area contributed by atoms with Crippen LogP contribution in [0.25, 0.3) is 0 Å². The van der Waals surface area contributed by atoms with Crippen LogP contribution in [0, 0.1) is 0 Å². The van der Waals surface area contributed by atoms with Gasteiger partial charge in [-0.25, -0.2) is 4.79 Å². The number of carbonyl (C=O) groups excluding carboxylic acids is 2. The zero-order valence-electron chi connectivity index (χ0n) is 60.5. The van der Waals surface area contributed by atoms with Gasteiger partial charge in [0.05, 0.1) is 34.4 Å². The first-order valence-electron chi connectivity index (χ1n) is 36.9. The Kier molecular flexibility index (Phi) is 68.5. The summed E-state index contributed by atoms with van der Waals surface area (Å²) < 4.78 is 22.9. The van der Waals surface area contributed by atoms with E-state index in [4.69, 9.17) is 18.9 Å². The smallest absolute Gasteiger partial charge is 0.361 e. The van der Waals surface area contributed by atoms with Crippen LogP contribution in [0.4, 0.5) is 0 Å². The average Bonchev–Trinajstić information content (AvgIpc) is 2.92. The van der Waals surface area contributed by atoms with E-state index in [9.17, 15) is 19.5 Å². The molecule has 0 saturated carbocycles. The number of esters is 2. The zero-order chi connectivity index (χ0) is 69.0. The van der Waals surface area contributed by atoms with E-state index < -0.39 is 24.3 Å². The molecule has 95 heavy (non-hydrogen) atoms. The topological polar surface area (TPSA) is 108 Å². The van der Waals surface area contributed by atoms with Gasteiger partial charge in [0, 0.05) is 12.8 Å². The third-order valence-electron chi connectivity index (χ3n) is 14.7. The molecule has 9 nitrogen and oxygen atoms in total. The highest BCUT2D eigenvalue weighted by atomic mass is 16.7. The first kappa shape index (κ1) is 88.6. The van der Waals surface area contributed by atoms with Crippen molar-refractivity contribution in [3.8, 4) is 0 Å². The van der Waals surface area contributed by atoms with Crippen LogP contribution in [-0.4, -0.2) is 87.4 Å². The van der Waals surface area contributed by atoms with E-state index in [1.54, 1.807) is 0 Å². The van der Waals surface area contributed by atoms with Gasteiger partial charge in [0.2, 0.25) is 0 Å². The van der Waals surface area contributed by atoms with Crippen LogP contribution in [-0.2, 0) is 33.3 Å². The molecular formula is C86H134NO8+. The van der Waals surface area contributed by atoms with Gasteiger partial charge in [0.1, 0.15) is 13.2 Å². The van der Waals surface area contributed by atoms with Gasteiger partial charge < -0.3 is 28.5 Å². The Labute approximate surface area is 581 Å². The lowest BCUT2D eigenvalue weighted by atomic mass is 10.0. The molecule has 0 fully saturated rings. The number of unbranched alkanes of at least 4 members (excludes halogenated alkanes) is 14. The number of carboxylic acids is 1. The SMILES string of the molecule is CC/C=C\C/C=C\C/C=C\C/C=C\C/C=C\C/C=C\C/C=C\C/C=C\C/C=C\CCCCCCCCCCCCCC(=O)OC(COC(=O)CCCCC/C=C\C/C=C\C/C=C\C/C=C\C/C=C\C/C=C\C/C=C\C/C=C\C/C=C\CC)COC(OCC[N+](C)(C)C)C(=O)O. The normalized spacial score (nSPS) is 14.0. The van der Waals surface area contributed by atoms with E-state index in [2.05, 4.69) is 233 Å². The molecule has 0 aromatic heterocycles. The Balaban J connectivity index is 4.24. The zero-order valence-corrected chi connectivity index (χ0v) is 60.5. The van der Waals surface area contributed by atoms with Crippen molar-refractivity contribution in [2.24, 2.45) is 0 Å². The lowest BCUT2D eigenvalue weighted by Gasteiger charge is -2.25. The van der Waals surface area contributed by atoms with Crippen molar-refractivity contribution in [3.63, 3.8) is 0 Å². The van der Waals surface area contributed by atoms with Crippen LogP contribution in [0.3, 0.4) is 0 Å². The maximum Gasteiger partial charge on any atom is 0.361 e. The molecule has 2 unspecified atom stereocenters. The first-order valence-corrected chi connectivity index (χ1v) is 36.9. The van der Waals surface area contributed by atoms with Gasteiger partial charge in [0.15, 0.2) is 6.10 Å². The summed E-state index contributed by atoms with van der Waals surface area (Å²) in [4.78, 5) is 37.7. The largest absolute Gasteiger partial charge is 0.477 e. The minimum atomic E-state index is -1.54. The van der Waals surface area contributed by atoms with Crippen molar-refractivity contribution in [3.05, 3.63) is 219 Å². The van der Waals surface area contributed by atoms with Gasteiger partial charge in [-0.2, -0.15) is 0 Å². The third kappa shape index (κ3) is 74.9. The minimum absolute atomic E-state index is 0.169. The predicted octanol–water partition coefficient (Wildman–Crippen LogP) is 23.7. The molecule has 0 heterocycles. The fraction of sp³-hybridized carbons (Fsp3) is 0.547. The number of rotatable bonds is 65. The monoisotopic (exact) mass is 1310 g/mol. The quantitative estimate of drug-likeness (QED) is 0.0211. The molecule has 0 aliphatic rings. The number of ether oxygens (including phenoxy) is 4. The number of hydrogen-bond donors (Lipinski definition) is 1. The van der Waals surface area contributed by atoms with Crippen molar-refractivity contribution in [2.45, 2.75) is 257 Å². The molecule has 1 N–H and O–H groups in total. The molecule has 0 radical (unpaired) electrons. The van der Waals surface area contributed by atoms with Crippen molar-refractivity contribution in [1.29, 1.82) is 0 Å². The lowest BCUT2D eigenvalue weighted by molar-refractivity contribution is -0.870. The summed E-state index contributed by atoms with van der Waals surface area (Å²) >= 11 is 0. The van der Waals surface area contributed by atoms with Gasteiger partial charge in [-0.15, -0.1) is 0 Å². The maximum absolute atomic E-state index is 13.0. The van der Waals surface area contributed by atoms with Gasteiger partial charge in [-0.05, 0) is 154 Å². The number of carbonyl (C=O) groups is 3. The van der Waals surface area contributed by atoms with Crippen LogP contribution >= 0.6 is 0 Å². The molecular weight excluding hydrogens is 1170 g/mol. The summed E-state index contributed by atoms with van der Waals surface area (Å²) in [5.74, 6) is -2.08. The van der Waals surface area contributed by atoms with E-state index in [1.165, 1.54) is 44.9 Å². The lowest BCUT2D eigenvalue weighted by Crippen LogP contribution is -2.40. The minimum Gasteiger partial charge on any atom is -0.477 e. The molecule has 0 rings (SSSR count). The second-order valence-electron chi connectivity index (χ2n) is 24.8. The first-order chi connectivity index (χ1) is 46.6. The Bertz CT molecular complexity index is 2370. The van der Waals surface area contributed by atoms with Gasteiger partial charge in [0.25, 0.3) is 6.29 Å². The van der Waals surface area contributed by atoms with Crippen LogP contribution < -0.4 is 0 Å². The summed E-state index contributed by atoms with van der Waals surface area (Å²) in [5, 5.41) is 9.76. The Morgan fingerprint density at radius 2 is 0.568 bits per heavy atom. The second-order valence-corrected chi connectivity index (χ2v) is 24.8. The van der Waals surface area contributed by atoms with E-state index in [-0.39, 0.29) is 38.6 Å². The number of likely N-dealkylation sites (N-methyl/N-ethyl adjacent to an activating group) is 1. The van der Waals surface area contributed by atoms with Crippen molar-refractivity contribution >= 4 is 17.9 Å². The van der Waals surface area contributed by atoms with Crippen LogP contribution in [0.1, 0.15) is 245 Å². The molecule has 530 valence electrons. The third-order valence-corrected chi connectivity index (χ3v) is 14.7. The highest BCUT2D eigenvalue weighted by Crippen LogP contribution is 2.15. The van der Waals surface area contributed by atoms with E-state index in [0.29, 0.717) is 23.9 Å². The van der Waals surface area contributed by atoms with Crippen LogP contribution in [0.15, 0.2) is 219 Å². The Hall–Kier alpha value is -6.39. The highest BCUT2D eigenvalue weighted by Gasteiger charge is 2.25. The summed E-state index contributed by atoms with van der Waals surface area (Å²) in [6.07, 6.45) is 113. The second kappa shape index (κ2) is 73.4. The van der Waals surface area contributed by atoms with Gasteiger partial charge in [-0.3, -0.25) is 9.59 Å². The standard InChI is InChI=1S/C86H133NO8/c1-6-8-10-12-14-16-18-20-22-24-26-28-30-32-34-36-38-39-40-41-42-43-44-45-47-49-51-53-55-57-59-61-63-65-67-69-71-73-75-77-84(89)95-82(81-94-86(85(90)91)92-79-78-87(3,4)5)80-93-83(88)76-74-72-70-68-66-64-62-60-58-56-54-52-50-48-46-37-35-33-31-29-27-25-23-21-19-17-15-13-11-9-7-2/h8-11,14-17,20-23,26-29,32-35,38-39,41-42,44-46,48-49,51-52,54,58,60,64,66,82,86H,6-7,12-13,18-19,24-25,30-31,36-37,40,43,47,50,53,55-57,59,61-63,65,67-81H2,1-5H3/p+1/b10-8-,11-9-,16-14-,17-15-,22-20-,23-21-,28-26-,29-27-,34-32-,35-33-,39-38-,42-41-,45-44-,48-46-,51-49-,54-52-,60-58-,66-64-. The van der Waals surface area contributed by atoms with E-state index in [1.807, 2.05) is 21.1 Å². The number of quaternary nitrogens is 1. The van der Waals surface area contributed by atoms with Crippen LogP contribution in [0.2, 0.25) is 0 Å². The van der Waals surface area contributed by atoms with Gasteiger partial charge in [-0.1, -0.05) is 297 Å². The summed E-state index contributed by atoms with van der Waals surface area (Å²) in [6.45, 7) is 4.58. The molecule has 0 amide bonds. The number of nitrogens with zero attached hydrogens (tertiary/aromatic N) is 1. The molecule has 2 atom stereocenters. The van der Waals surface area contributed by atoms with E-state index >= 15 is 0 Å². The molecule has 0 aromatic carbocycles. The Morgan fingerprint density at radius 1 is 0.316 bits per heavy atom. The molecule has 9 heteroatoms. The molecule has 0 spiro atoms. The highest BCUT2D eigenvalue weighted by molar-refractivity contribution is 5.71. The Morgan fingerprint density at radius 3 is 0.853 bits per heavy atom. The fourth-order valence-corrected chi connectivity index (χ4v) is 9.17. The number of aliphatic carboxylic acids is 1. The molecule has 0 aromatic rings. The molecule has 0 saturated heterocycles. The number of carboxylic acid groups (broad SMARTS) is 1.